The molecule has 0 saturated heterocycles. The molecular weight excluding hydrogens is 401 g/mol. The van der Waals surface area contributed by atoms with E-state index < -0.39 is 11.4 Å². The summed E-state index contributed by atoms with van der Waals surface area (Å²) in [5.41, 5.74) is 9.51. The Balaban J connectivity index is 1.82. The average Bonchev–Trinajstić information content (AvgIpc) is 3.23. The summed E-state index contributed by atoms with van der Waals surface area (Å²) in [5.74, 6) is 4.85. The molecule has 1 aromatic carbocycles. The number of aryl methyl sites for hydroxylation is 1. The van der Waals surface area contributed by atoms with E-state index in [1.54, 1.807) is 19.9 Å². The molecule has 0 aliphatic heterocycles. The Kier molecular flexibility index (Phi) is 5.96. The number of anilines is 2. The zero-order valence-electron chi connectivity index (χ0n) is 15.7. The van der Waals surface area contributed by atoms with Crippen molar-refractivity contribution in [1.29, 1.82) is 0 Å². The Morgan fingerprint density at radius 1 is 1.32 bits per heavy atom. The molecule has 7 nitrogen and oxygen atoms in total. The van der Waals surface area contributed by atoms with Gasteiger partial charge in [0.1, 0.15) is 15.8 Å². The van der Waals surface area contributed by atoms with Crippen LogP contribution in [0.3, 0.4) is 0 Å². The van der Waals surface area contributed by atoms with Crippen LogP contribution in [0.25, 0.3) is 21.1 Å². The SMILES string of the molecule is Cc1nc(COCC(C)(C)O)sc1-c1nc(-c2cc(F)c(N)c(NN)c2)cs1. The minimum Gasteiger partial charge on any atom is -0.395 e. The highest BCUT2D eigenvalue weighted by Crippen LogP contribution is 2.36. The first-order chi connectivity index (χ1) is 13.2. The van der Waals surface area contributed by atoms with E-state index in [0.29, 0.717) is 23.6 Å². The van der Waals surface area contributed by atoms with Crippen LogP contribution >= 0.6 is 22.7 Å². The second-order valence-corrected chi connectivity index (χ2v) is 8.87. The van der Waals surface area contributed by atoms with Crippen molar-refractivity contribution in [2.45, 2.75) is 33.0 Å². The lowest BCUT2D eigenvalue weighted by atomic mass is 10.1. The predicted octanol–water partition coefficient (Wildman–Crippen LogP) is 3.54. The number of nitrogens with one attached hydrogen (secondary N) is 1. The first-order valence-electron chi connectivity index (χ1n) is 8.46. The van der Waals surface area contributed by atoms with Gasteiger partial charge in [0.2, 0.25) is 0 Å². The third kappa shape index (κ3) is 4.65. The molecule has 0 amide bonds. The van der Waals surface area contributed by atoms with Gasteiger partial charge in [-0.15, -0.1) is 22.7 Å². The van der Waals surface area contributed by atoms with E-state index in [0.717, 1.165) is 20.6 Å². The lowest BCUT2D eigenvalue weighted by Gasteiger charge is -2.16. The minimum atomic E-state index is -0.884. The fraction of sp³-hybridized carbons (Fsp3) is 0.333. The number of hydrogen-bond acceptors (Lipinski definition) is 9. The molecule has 0 aliphatic carbocycles. The van der Waals surface area contributed by atoms with Gasteiger partial charge in [0.05, 0.1) is 46.5 Å². The molecule has 2 aromatic heterocycles. The van der Waals surface area contributed by atoms with Crippen molar-refractivity contribution < 1.29 is 14.2 Å². The summed E-state index contributed by atoms with van der Waals surface area (Å²) in [6.07, 6.45) is 0. The maximum atomic E-state index is 14.0. The van der Waals surface area contributed by atoms with Crippen molar-refractivity contribution >= 4 is 34.0 Å². The first kappa shape index (κ1) is 20.6. The summed E-state index contributed by atoms with van der Waals surface area (Å²) < 4.78 is 19.5. The zero-order valence-corrected chi connectivity index (χ0v) is 17.4. The molecule has 0 aliphatic rings. The van der Waals surface area contributed by atoms with Crippen LogP contribution in [-0.2, 0) is 11.3 Å². The third-order valence-corrected chi connectivity index (χ3v) is 5.93. The number of rotatable bonds is 7. The quantitative estimate of drug-likeness (QED) is 0.261. The van der Waals surface area contributed by atoms with E-state index in [4.69, 9.17) is 16.3 Å². The van der Waals surface area contributed by atoms with Crippen molar-refractivity contribution in [2.75, 3.05) is 17.8 Å². The number of halogens is 1. The molecule has 0 saturated carbocycles. The summed E-state index contributed by atoms with van der Waals surface area (Å²) >= 11 is 2.94. The lowest BCUT2D eigenvalue weighted by molar-refractivity contribution is -0.0269. The van der Waals surface area contributed by atoms with Crippen LogP contribution in [0.4, 0.5) is 15.8 Å². The molecule has 28 heavy (non-hydrogen) atoms. The molecule has 150 valence electrons. The molecule has 0 spiro atoms. The summed E-state index contributed by atoms with van der Waals surface area (Å²) in [7, 11) is 0. The van der Waals surface area contributed by atoms with Crippen LogP contribution in [0, 0.1) is 12.7 Å². The van der Waals surface area contributed by atoms with Crippen LogP contribution < -0.4 is 17.0 Å². The Hall–Kier alpha value is -2.11. The second kappa shape index (κ2) is 8.10. The van der Waals surface area contributed by atoms with Gasteiger partial charge in [0, 0.05) is 10.9 Å². The highest BCUT2D eigenvalue weighted by Gasteiger charge is 2.17. The number of benzene rings is 1. The third-order valence-electron chi connectivity index (χ3n) is 3.80. The van der Waals surface area contributed by atoms with Gasteiger partial charge < -0.3 is 21.0 Å². The molecule has 0 radical (unpaired) electrons. The average molecular weight is 424 g/mol. The van der Waals surface area contributed by atoms with E-state index in [2.05, 4.69) is 15.4 Å². The van der Waals surface area contributed by atoms with Gasteiger partial charge in [-0.25, -0.2) is 14.4 Å². The van der Waals surface area contributed by atoms with Gasteiger partial charge in [0.15, 0.2) is 0 Å². The Morgan fingerprint density at radius 2 is 2.07 bits per heavy atom. The van der Waals surface area contributed by atoms with Gasteiger partial charge >= 0.3 is 0 Å². The first-order valence-corrected chi connectivity index (χ1v) is 10.2. The molecule has 2 heterocycles. The summed E-state index contributed by atoms with van der Waals surface area (Å²) in [6.45, 7) is 5.83. The van der Waals surface area contributed by atoms with E-state index in [9.17, 15) is 9.50 Å². The Labute approximate surface area is 170 Å². The summed E-state index contributed by atoms with van der Waals surface area (Å²) in [6, 6.07) is 3.00. The smallest absolute Gasteiger partial charge is 0.148 e. The number of aliphatic hydroxyl groups is 1. The number of hydrazine groups is 1. The fourth-order valence-corrected chi connectivity index (χ4v) is 4.47. The number of ether oxygens (including phenoxy) is 1. The van der Waals surface area contributed by atoms with E-state index in [1.807, 2.05) is 12.3 Å². The maximum Gasteiger partial charge on any atom is 0.148 e. The minimum absolute atomic E-state index is 0.0318. The molecule has 10 heteroatoms. The highest BCUT2D eigenvalue weighted by molar-refractivity contribution is 7.21. The molecule has 0 bridgehead atoms. The van der Waals surface area contributed by atoms with Gasteiger partial charge in [-0.3, -0.25) is 5.84 Å². The second-order valence-electron chi connectivity index (χ2n) is 6.93. The van der Waals surface area contributed by atoms with Gasteiger partial charge in [0.25, 0.3) is 0 Å². The summed E-state index contributed by atoms with van der Waals surface area (Å²) in [5, 5.41) is 13.2. The number of thiazole rings is 2. The van der Waals surface area contributed by atoms with Crippen molar-refractivity contribution in [1.82, 2.24) is 9.97 Å². The topological polar surface area (TPSA) is 119 Å². The zero-order chi connectivity index (χ0) is 20.5. The normalized spacial score (nSPS) is 11.8. The Bertz CT molecular complexity index is 981. The maximum absolute atomic E-state index is 14.0. The van der Waals surface area contributed by atoms with Crippen LogP contribution in [0.15, 0.2) is 17.5 Å². The van der Waals surface area contributed by atoms with Crippen molar-refractivity contribution in [3.05, 3.63) is 34.0 Å². The highest BCUT2D eigenvalue weighted by atomic mass is 32.1. The van der Waals surface area contributed by atoms with E-state index >= 15 is 0 Å². The van der Waals surface area contributed by atoms with Gasteiger partial charge in [-0.05, 0) is 32.9 Å². The molecular formula is C18H22FN5O2S2. The largest absolute Gasteiger partial charge is 0.395 e. The fourth-order valence-electron chi connectivity index (χ4n) is 2.50. The lowest BCUT2D eigenvalue weighted by Crippen LogP contribution is -2.25. The molecule has 3 rings (SSSR count). The molecule has 0 fully saturated rings. The van der Waals surface area contributed by atoms with Crippen molar-refractivity contribution in [3.8, 4) is 21.1 Å². The number of nitrogen functional groups attached to an aromatic ring is 2. The monoisotopic (exact) mass is 423 g/mol. The van der Waals surface area contributed by atoms with Crippen LogP contribution in [0.5, 0.6) is 0 Å². The molecule has 0 atom stereocenters. The summed E-state index contributed by atoms with van der Waals surface area (Å²) in [4.78, 5) is 10.1. The van der Waals surface area contributed by atoms with Crippen LogP contribution in [0.1, 0.15) is 24.5 Å². The molecule has 6 N–H and O–H groups in total. The van der Waals surface area contributed by atoms with Crippen molar-refractivity contribution in [2.24, 2.45) is 5.84 Å². The number of aromatic nitrogens is 2. The number of nitrogens with zero attached hydrogens (tertiary/aromatic N) is 2. The van der Waals surface area contributed by atoms with E-state index in [-0.39, 0.29) is 12.3 Å². The van der Waals surface area contributed by atoms with Gasteiger partial charge in [-0.1, -0.05) is 0 Å². The van der Waals surface area contributed by atoms with Crippen LogP contribution in [-0.4, -0.2) is 27.3 Å². The van der Waals surface area contributed by atoms with E-state index in [1.165, 1.54) is 28.7 Å². The number of nitrogens with two attached hydrogens (primary N) is 2. The Morgan fingerprint density at radius 3 is 2.75 bits per heavy atom. The number of hydrogen-bond donors (Lipinski definition) is 4. The molecule has 3 aromatic rings. The van der Waals surface area contributed by atoms with Crippen LogP contribution in [0.2, 0.25) is 0 Å². The van der Waals surface area contributed by atoms with Crippen molar-refractivity contribution in [3.63, 3.8) is 0 Å². The standard InChI is InChI=1S/C18H22FN5O2S2/c1-9-16(28-14(22-9)6-26-8-18(2,3)25)17-23-13(7-27-17)10-4-11(19)15(20)12(5-10)24-21/h4-5,7,24-25H,6,8,20-21H2,1-3H3. The van der Waals surface area contributed by atoms with Gasteiger partial charge in [-0.2, -0.15) is 0 Å². The molecule has 0 unspecified atom stereocenters. The predicted molar refractivity (Wildman–Crippen MR) is 112 cm³/mol.